The molecule has 3 rings (SSSR count). The second kappa shape index (κ2) is 8.52. The molecule has 2 aromatic rings. The number of carbonyl (C=O) groups excluding carboxylic acids is 2. The summed E-state index contributed by atoms with van der Waals surface area (Å²) in [6.45, 7) is 9.56. The standard InChI is InChI=1S/C20H27N7O3/c1-13(28)15-12-23-18(25-17(15)21)24-16-6-5-14(11-22-16)26-7-9-27(10-8-26)19(29)30-20(2,3)4/h5-6,11-12H,7-10H2,1-4H3,(H3,21,22,23,24,25). The maximum absolute atomic E-state index is 12.2. The number of hydrogen-bond donors (Lipinski definition) is 2. The Morgan fingerprint density at radius 2 is 1.80 bits per heavy atom. The summed E-state index contributed by atoms with van der Waals surface area (Å²) < 4.78 is 5.43. The maximum Gasteiger partial charge on any atom is 0.410 e. The number of Topliss-reactive ketones (excluding diaryl/α,β-unsaturated/α-hetero) is 1. The van der Waals surface area contributed by atoms with E-state index in [1.165, 1.54) is 13.1 Å². The van der Waals surface area contributed by atoms with Crippen molar-refractivity contribution < 1.29 is 14.3 Å². The molecule has 2 aromatic heterocycles. The largest absolute Gasteiger partial charge is 0.444 e. The van der Waals surface area contributed by atoms with E-state index in [-0.39, 0.29) is 29.2 Å². The van der Waals surface area contributed by atoms with E-state index in [1.54, 1.807) is 11.1 Å². The van der Waals surface area contributed by atoms with Gasteiger partial charge in [0, 0.05) is 32.4 Å². The molecule has 1 aliphatic heterocycles. The first-order chi connectivity index (χ1) is 14.1. The molecule has 0 atom stereocenters. The van der Waals surface area contributed by atoms with E-state index in [9.17, 15) is 9.59 Å². The number of nitrogens with zero attached hydrogens (tertiary/aromatic N) is 5. The Bertz CT molecular complexity index is 917. The van der Waals surface area contributed by atoms with Gasteiger partial charge in [-0.3, -0.25) is 4.79 Å². The van der Waals surface area contributed by atoms with Crippen LogP contribution in [0, 0.1) is 0 Å². The lowest BCUT2D eigenvalue weighted by Gasteiger charge is -2.36. The minimum Gasteiger partial charge on any atom is -0.444 e. The number of ketones is 1. The molecule has 1 amide bonds. The van der Waals surface area contributed by atoms with Crippen LogP contribution in [0.25, 0.3) is 0 Å². The summed E-state index contributed by atoms with van der Waals surface area (Å²) in [5.74, 6) is 0.762. The maximum atomic E-state index is 12.2. The van der Waals surface area contributed by atoms with E-state index in [4.69, 9.17) is 10.5 Å². The van der Waals surface area contributed by atoms with E-state index >= 15 is 0 Å². The van der Waals surface area contributed by atoms with Gasteiger partial charge in [-0.05, 0) is 39.8 Å². The molecule has 0 bridgehead atoms. The van der Waals surface area contributed by atoms with Crippen molar-refractivity contribution in [3.63, 3.8) is 0 Å². The number of ether oxygens (including phenoxy) is 1. The first kappa shape index (κ1) is 21.3. The molecule has 1 fully saturated rings. The van der Waals surface area contributed by atoms with Gasteiger partial charge in [0.2, 0.25) is 5.95 Å². The lowest BCUT2D eigenvalue weighted by Crippen LogP contribution is -2.50. The van der Waals surface area contributed by atoms with E-state index in [1.807, 2.05) is 32.9 Å². The highest BCUT2D eigenvalue weighted by Crippen LogP contribution is 2.20. The number of carbonyl (C=O) groups is 2. The predicted octanol–water partition coefficient (Wildman–Crippen LogP) is 2.46. The Balaban J connectivity index is 1.57. The number of aromatic nitrogens is 3. The van der Waals surface area contributed by atoms with Crippen LogP contribution in [0.3, 0.4) is 0 Å². The second-order valence-electron chi connectivity index (χ2n) is 8.03. The van der Waals surface area contributed by atoms with Crippen LogP contribution in [0.4, 0.5) is 28.1 Å². The summed E-state index contributed by atoms with van der Waals surface area (Å²) in [4.78, 5) is 40.1. The fourth-order valence-corrected chi connectivity index (χ4v) is 2.96. The fraction of sp³-hybridized carbons (Fsp3) is 0.450. The van der Waals surface area contributed by atoms with Crippen LogP contribution >= 0.6 is 0 Å². The van der Waals surface area contributed by atoms with Gasteiger partial charge in [0.25, 0.3) is 0 Å². The van der Waals surface area contributed by atoms with E-state index in [0.717, 1.165) is 5.69 Å². The van der Waals surface area contributed by atoms with Crippen LogP contribution in [0.5, 0.6) is 0 Å². The number of anilines is 4. The summed E-state index contributed by atoms with van der Waals surface area (Å²) in [6.07, 6.45) is 2.86. The number of nitrogens with two attached hydrogens (primary N) is 1. The summed E-state index contributed by atoms with van der Waals surface area (Å²) in [6, 6.07) is 3.75. The van der Waals surface area contributed by atoms with Gasteiger partial charge in [-0.2, -0.15) is 4.98 Å². The lowest BCUT2D eigenvalue weighted by atomic mass is 10.2. The second-order valence-corrected chi connectivity index (χ2v) is 8.03. The van der Waals surface area contributed by atoms with Crippen LogP contribution < -0.4 is 16.0 Å². The van der Waals surface area contributed by atoms with Gasteiger partial charge in [0.05, 0.1) is 17.4 Å². The van der Waals surface area contributed by atoms with Crippen molar-refractivity contribution in [2.45, 2.75) is 33.3 Å². The molecule has 10 heteroatoms. The molecule has 3 heterocycles. The van der Waals surface area contributed by atoms with Gasteiger partial charge >= 0.3 is 6.09 Å². The van der Waals surface area contributed by atoms with Gasteiger partial charge in [-0.15, -0.1) is 0 Å². The van der Waals surface area contributed by atoms with Gasteiger partial charge in [-0.25, -0.2) is 14.8 Å². The highest BCUT2D eigenvalue weighted by Gasteiger charge is 2.26. The minimum atomic E-state index is -0.498. The molecule has 0 saturated carbocycles. The van der Waals surface area contributed by atoms with Crippen molar-refractivity contribution in [2.75, 3.05) is 42.1 Å². The van der Waals surface area contributed by atoms with Crippen LogP contribution in [0.2, 0.25) is 0 Å². The summed E-state index contributed by atoms with van der Waals surface area (Å²) in [5, 5.41) is 2.97. The molecule has 0 radical (unpaired) electrons. The smallest absolute Gasteiger partial charge is 0.410 e. The molecule has 1 saturated heterocycles. The molecule has 10 nitrogen and oxygen atoms in total. The molecule has 30 heavy (non-hydrogen) atoms. The van der Waals surface area contributed by atoms with Crippen molar-refractivity contribution in [3.05, 3.63) is 30.1 Å². The molecule has 160 valence electrons. The van der Waals surface area contributed by atoms with Crippen molar-refractivity contribution in [3.8, 4) is 0 Å². The average molecular weight is 413 g/mol. The molecule has 0 spiro atoms. The molecular formula is C20H27N7O3. The SMILES string of the molecule is CC(=O)c1cnc(Nc2ccc(N3CCN(C(=O)OC(C)(C)C)CC3)cn2)nc1N. The Hall–Kier alpha value is -3.43. The van der Waals surface area contributed by atoms with Gasteiger partial charge in [0.1, 0.15) is 17.2 Å². The number of amides is 1. The lowest BCUT2D eigenvalue weighted by molar-refractivity contribution is 0.0240. The predicted molar refractivity (Wildman–Crippen MR) is 114 cm³/mol. The average Bonchev–Trinajstić information content (AvgIpc) is 2.67. The van der Waals surface area contributed by atoms with Crippen LogP contribution in [0.15, 0.2) is 24.5 Å². The quantitative estimate of drug-likeness (QED) is 0.727. The van der Waals surface area contributed by atoms with Crippen molar-refractivity contribution in [1.82, 2.24) is 19.9 Å². The number of piperazine rings is 1. The van der Waals surface area contributed by atoms with Crippen LogP contribution in [-0.4, -0.2) is 63.5 Å². The topological polar surface area (TPSA) is 127 Å². The van der Waals surface area contributed by atoms with Crippen LogP contribution in [0.1, 0.15) is 38.1 Å². The zero-order valence-electron chi connectivity index (χ0n) is 17.7. The number of rotatable bonds is 4. The molecule has 1 aliphatic rings. The van der Waals surface area contributed by atoms with E-state index in [0.29, 0.717) is 32.0 Å². The van der Waals surface area contributed by atoms with E-state index < -0.39 is 5.60 Å². The van der Waals surface area contributed by atoms with Crippen LogP contribution in [-0.2, 0) is 4.74 Å². The first-order valence-electron chi connectivity index (χ1n) is 9.72. The number of hydrogen-bond acceptors (Lipinski definition) is 9. The minimum absolute atomic E-state index is 0.125. The van der Waals surface area contributed by atoms with Gasteiger partial charge < -0.3 is 25.6 Å². The van der Waals surface area contributed by atoms with Crippen molar-refractivity contribution in [1.29, 1.82) is 0 Å². The number of pyridine rings is 1. The van der Waals surface area contributed by atoms with E-state index in [2.05, 4.69) is 25.2 Å². The zero-order chi connectivity index (χ0) is 21.9. The Morgan fingerprint density at radius 3 is 2.33 bits per heavy atom. The summed E-state index contributed by atoms with van der Waals surface area (Å²) in [5.41, 5.74) is 6.53. The van der Waals surface area contributed by atoms with Gasteiger partial charge in [-0.1, -0.05) is 0 Å². The Morgan fingerprint density at radius 1 is 1.10 bits per heavy atom. The highest BCUT2D eigenvalue weighted by molar-refractivity contribution is 5.98. The summed E-state index contributed by atoms with van der Waals surface area (Å²) in [7, 11) is 0. The third-order valence-electron chi connectivity index (χ3n) is 4.48. The Kier molecular flexibility index (Phi) is 6.04. The van der Waals surface area contributed by atoms with Crippen molar-refractivity contribution in [2.24, 2.45) is 0 Å². The molecule has 0 aliphatic carbocycles. The van der Waals surface area contributed by atoms with Gasteiger partial charge in [0.15, 0.2) is 5.78 Å². The zero-order valence-corrected chi connectivity index (χ0v) is 17.7. The third-order valence-corrected chi connectivity index (χ3v) is 4.48. The molecule has 0 unspecified atom stereocenters. The molecule has 3 N–H and O–H groups in total. The number of nitrogen functional groups attached to an aromatic ring is 1. The monoisotopic (exact) mass is 413 g/mol. The van der Waals surface area contributed by atoms with Crippen molar-refractivity contribution >= 4 is 35.1 Å². The molecule has 0 aromatic carbocycles. The highest BCUT2D eigenvalue weighted by atomic mass is 16.6. The summed E-state index contributed by atoms with van der Waals surface area (Å²) >= 11 is 0. The fourth-order valence-electron chi connectivity index (χ4n) is 2.96. The molecular weight excluding hydrogens is 386 g/mol. The normalized spacial score (nSPS) is 14.4. The Labute approximate surface area is 175 Å². The third kappa shape index (κ3) is 5.34. The first-order valence-corrected chi connectivity index (χ1v) is 9.72. The number of nitrogens with one attached hydrogen (secondary N) is 1.